The molecule has 0 spiro atoms. The lowest BCUT2D eigenvalue weighted by molar-refractivity contribution is 0.266. The lowest BCUT2D eigenvalue weighted by atomic mass is 10.1. The molecule has 1 atom stereocenters. The zero-order valence-electron chi connectivity index (χ0n) is 12.4. The number of aliphatic imine (C=N–C) groups is 1. The first-order chi connectivity index (χ1) is 9.10. The summed E-state index contributed by atoms with van der Waals surface area (Å²) in [5.41, 5.74) is 0.903. The molecular weight excluding hydrogens is 240 g/mol. The predicted octanol–water partition coefficient (Wildman–Crippen LogP) is 2.42. The average molecular weight is 266 g/mol. The standard InChI is InChI=1S/C14H26N4O/c1-6-8-13(9-15)14(16-7-2)18-10-17-11(3)12(4)19-5/h9-11,15-16H,4,6-8H2,1-3,5H3,(H,17,18)/b14-13-,15-9?. The van der Waals surface area contributed by atoms with E-state index in [1.807, 2.05) is 13.8 Å². The second-order valence-electron chi connectivity index (χ2n) is 4.12. The van der Waals surface area contributed by atoms with E-state index < -0.39 is 0 Å². The van der Waals surface area contributed by atoms with Crippen LogP contribution in [0.1, 0.15) is 33.6 Å². The van der Waals surface area contributed by atoms with Gasteiger partial charge in [0.25, 0.3) is 0 Å². The summed E-state index contributed by atoms with van der Waals surface area (Å²) in [6, 6.07) is -0.00812. The Morgan fingerprint density at radius 2 is 2.16 bits per heavy atom. The third-order valence-corrected chi connectivity index (χ3v) is 2.61. The number of methoxy groups -OCH3 is 1. The molecule has 19 heavy (non-hydrogen) atoms. The van der Waals surface area contributed by atoms with Crippen LogP contribution in [0.4, 0.5) is 0 Å². The molecule has 0 aliphatic heterocycles. The molecule has 0 aromatic carbocycles. The van der Waals surface area contributed by atoms with Crippen molar-refractivity contribution < 1.29 is 4.74 Å². The lowest BCUT2D eigenvalue weighted by Crippen LogP contribution is -2.27. The fourth-order valence-corrected chi connectivity index (χ4v) is 1.42. The maximum Gasteiger partial charge on any atom is 0.132 e. The van der Waals surface area contributed by atoms with E-state index >= 15 is 0 Å². The zero-order valence-corrected chi connectivity index (χ0v) is 12.4. The smallest absolute Gasteiger partial charge is 0.132 e. The minimum absolute atomic E-state index is 0.00812. The number of rotatable bonds is 10. The van der Waals surface area contributed by atoms with E-state index in [1.165, 1.54) is 6.21 Å². The molecule has 0 saturated carbocycles. The quantitative estimate of drug-likeness (QED) is 0.323. The van der Waals surface area contributed by atoms with Crippen LogP contribution in [0.25, 0.3) is 0 Å². The highest BCUT2D eigenvalue weighted by molar-refractivity contribution is 5.77. The van der Waals surface area contributed by atoms with Crippen LogP contribution in [0.15, 0.2) is 28.7 Å². The van der Waals surface area contributed by atoms with E-state index in [9.17, 15) is 0 Å². The summed E-state index contributed by atoms with van der Waals surface area (Å²) >= 11 is 0. The second kappa shape index (κ2) is 10.2. The monoisotopic (exact) mass is 266 g/mol. The molecule has 0 saturated heterocycles. The maximum atomic E-state index is 7.44. The molecule has 3 N–H and O–H groups in total. The van der Waals surface area contributed by atoms with E-state index in [4.69, 9.17) is 10.1 Å². The summed E-state index contributed by atoms with van der Waals surface area (Å²) in [5.74, 6) is 1.39. The predicted molar refractivity (Wildman–Crippen MR) is 81.6 cm³/mol. The van der Waals surface area contributed by atoms with Gasteiger partial charge in [-0.25, -0.2) is 4.99 Å². The van der Waals surface area contributed by atoms with E-state index in [1.54, 1.807) is 13.4 Å². The lowest BCUT2D eigenvalue weighted by Gasteiger charge is -2.13. The molecule has 0 bridgehead atoms. The Bertz CT molecular complexity index is 347. The fourth-order valence-electron chi connectivity index (χ4n) is 1.42. The first-order valence-electron chi connectivity index (χ1n) is 6.59. The highest BCUT2D eigenvalue weighted by Gasteiger charge is 2.04. The van der Waals surface area contributed by atoms with Gasteiger partial charge in [0.15, 0.2) is 0 Å². The van der Waals surface area contributed by atoms with Crippen molar-refractivity contribution in [1.82, 2.24) is 10.6 Å². The van der Waals surface area contributed by atoms with Crippen LogP contribution in [0.5, 0.6) is 0 Å². The van der Waals surface area contributed by atoms with Crippen molar-refractivity contribution in [3.05, 3.63) is 23.7 Å². The normalized spacial score (nSPS) is 13.7. The molecule has 0 heterocycles. The highest BCUT2D eigenvalue weighted by Crippen LogP contribution is 2.07. The number of nitrogens with one attached hydrogen (secondary N) is 3. The number of ether oxygens (including phenoxy) is 1. The Kier molecular flexibility index (Phi) is 9.22. The van der Waals surface area contributed by atoms with Gasteiger partial charge in [-0.1, -0.05) is 19.9 Å². The van der Waals surface area contributed by atoms with Gasteiger partial charge in [-0.05, 0) is 20.3 Å². The van der Waals surface area contributed by atoms with Gasteiger partial charge in [0.1, 0.15) is 11.6 Å². The van der Waals surface area contributed by atoms with Crippen molar-refractivity contribution in [3.8, 4) is 0 Å². The molecule has 0 aromatic rings. The molecule has 0 fully saturated rings. The first kappa shape index (κ1) is 17.2. The average Bonchev–Trinajstić information content (AvgIpc) is 2.42. The number of hydrogen-bond acceptors (Lipinski definition) is 4. The zero-order chi connectivity index (χ0) is 14.7. The largest absolute Gasteiger partial charge is 0.500 e. The molecule has 0 aliphatic carbocycles. The molecule has 5 heteroatoms. The van der Waals surface area contributed by atoms with Crippen LogP contribution in [0.3, 0.4) is 0 Å². The van der Waals surface area contributed by atoms with Crippen molar-refractivity contribution in [3.63, 3.8) is 0 Å². The van der Waals surface area contributed by atoms with Gasteiger partial charge in [-0.15, -0.1) is 0 Å². The Balaban J connectivity index is 4.74. The van der Waals surface area contributed by atoms with E-state index in [2.05, 4.69) is 29.1 Å². The van der Waals surface area contributed by atoms with Crippen molar-refractivity contribution in [1.29, 1.82) is 5.41 Å². The Morgan fingerprint density at radius 1 is 1.47 bits per heavy atom. The van der Waals surface area contributed by atoms with Gasteiger partial charge < -0.3 is 20.8 Å². The number of nitrogens with zero attached hydrogens (tertiary/aromatic N) is 1. The van der Waals surface area contributed by atoms with Crippen LogP contribution in [0, 0.1) is 5.41 Å². The molecule has 0 radical (unpaired) electrons. The molecule has 0 amide bonds. The van der Waals surface area contributed by atoms with E-state index in [0.29, 0.717) is 5.76 Å². The van der Waals surface area contributed by atoms with Gasteiger partial charge in [-0.3, -0.25) is 0 Å². The number of allylic oxidation sites excluding steroid dienone is 1. The molecule has 0 aromatic heterocycles. The van der Waals surface area contributed by atoms with Crippen molar-refractivity contribution in [2.24, 2.45) is 4.99 Å². The molecule has 1 unspecified atom stereocenters. The van der Waals surface area contributed by atoms with Crippen LogP contribution >= 0.6 is 0 Å². The molecule has 108 valence electrons. The molecular formula is C14H26N4O. The minimum Gasteiger partial charge on any atom is -0.500 e. The van der Waals surface area contributed by atoms with Gasteiger partial charge in [-0.2, -0.15) is 0 Å². The topological polar surface area (TPSA) is 69.5 Å². The first-order valence-corrected chi connectivity index (χ1v) is 6.59. The summed E-state index contributed by atoms with van der Waals surface area (Å²) in [5, 5.41) is 13.7. The van der Waals surface area contributed by atoms with Crippen LogP contribution in [0.2, 0.25) is 0 Å². The van der Waals surface area contributed by atoms with Gasteiger partial charge >= 0.3 is 0 Å². The summed E-state index contributed by atoms with van der Waals surface area (Å²) in [6.45, 7) is 10.6. The summed E-state index contributed by atoms with van der Waals surface area (Å²) in [7, 11) is 1.59. The van der Waals surface area contributed by atoms with Gasteiger partial charge in [0.2, 0.25) is 0 Å². The fraction of sp³-hybridized carbons (Fsp3) is 0.571. The van der Waals surface area contributed by atoms with Crippen molar-refractivity contribution in [2.45, 2.75) is 39.7 Å². The maximum absolute atomic E-state index is 7.44. The minimum atomic E-state index is -0.00812. The summed E-state index contributed by atoms with van der Waals surface area (Å²) in [4.78, 5) is 4.34. The van der Waals surface area contributed by atoms with Gasteiger partial charge in [0, 0.05) is 18.3 Å². The highest BCUT2D eigenvalue weighted by atomic mass is 16.5. The Labute approximate surface area is 116 Å². The van der Waals surface area contributed by atoms with Gasteiger partial charge in [0.05, 0.1) is 19.5 Å². The van der Waals surface area contributed by atoms with E-state index in [-0.39, 0.29) is 6.04 Å². The van der Waals surface area contributed by atoms with Crippen molar-refractivity contribution in [2.75, 3.05) is 13.7 Å². The number of hydrogen-bond donors (Lipinski definition) is 3. The molecule has 5 nitrogen and oxygen atoms in total. The molecule has 0 aliphatic rings. The van der Waals surface area contributed by atoms with Crippen LogP contribution in [-0.2, 0) is 4.74 Å². The second-order valence-corrected chi connectivity index (χ2v) is 4.12. The van der Waals surface area contributed by atoms with Crippen molar-refractivity contribution >= 4 is 12.6 Å². The Hall–Kier alpha value is -1.78. The van der Waals surface area contributed by atoms with Crippen LogP contribution < -0.4 is 10.6 Å². The van der Waals surface area contributed by atoms with Crippen LogP contribution in [-0.4, -0.2) is 32.2 Å². The Morgan fingerprint density at radius 3 is 2.63 bits per heavy atom. The summed E-state index contributed by atoms with van der Waals surface area (Å²) < 4.78 is 5.04. The SMILES string of the molecule is C=C(OC)C(C)N/C=N/C(NCC)=C(\C=N)CCC. The molecule has 0 rings (SSSR count). The third kappa shape index (κ3) is 6.64. The van der Waals surface area contributed by atoms with E-state index in [0.717, 1.165) is 30.8 Å². The third-order valence-electron chi connectivity index (χ3n) is 2.61. The summed E-state index contributed by atoms with van der Waals surface area (Å²) in [6.07, 6.45) is 4.80.